The maximum absolute atomic E-state index is 6.68. The van der Waals surface area contributed by atoms with Crippen molar-refractivity contribution in [2.45, 2.75) is 0 Å². The zero-order valence-electron chi connectivity index (χ0n) is 71.8. The van der Waals surface area contributed by atoms with Gasteiger partial charge in [0.2, 0.25) is 0 Å². The van der Waals surface area contributed by atoms with Gasteiger partial charge in [0.15, 0.2) is 0 Å². The van der Waals surface area contributed by atoms with Crippen LogP contribution in [-0.2, 0) is 0 Å². The van der Waals surface area contributed by atoms with Crippen LogP contribution in [0.2, 0.25) is 0 Å². The molecule has 0 atom stereocenters. The molecule has 23 heteroatoms. The smallest absolute Gasteiger partial charge is 0.536 e. The molecule has 0 saturated heterocycles. The third-order valence-corrected chi connectivity index (χ3v) is 28.0. The minimum atomic E-state index is -0.293. The molecule has 8 aliphatic heterocycles. The second-order valence-corrected chi connectivity index (χ2v) is 35.0. The summed E-state index contributed by atoms with van der Waals surface area (Å²) in [5.41, 5.74) is 31.6. The van der Waals surface area contributed by atoms with Gasteiger partial charge in [-0.05, 0) is 175 Å². The lowest BCUT2D eigenvalue weighted by molar-refractivity contribution is 0.576. The first-order valence-electron chi connectivity index (χ1n) is 45.3. The van der Waals surface area contributed by atoms with E-state index < -0.39 is 0 Å². The van der Waals surface area contributed by atoms with Gasteiger partial charge in [-0.25, -0.2) is 9.97 Å². The van der Waals surface area contributed by atoms with Crippen molar-refractivity contribution >= 4 is 194 Å². The second kappa shape index (κ2) is 28.2. The van der Waals surface area contributed by atoms with Crippen LogP contribution in [0.25, 0.3) is 171 Å². The summed E-state index contributed by atoms with van der Waals surface area (Å²) in [6, 6.07) is 125. The Kier molecular flexibility index (Phi) is 15.4. The molecule has 8 aliphatic rings. The van der Waals surface area contributed by atoms with Crippen LogP contribution in [-0.4, -0.2) is 71.1 Å². The Morgan fingerprint density at radius 1 is 0.222 bits per heavy atom. The predicted molar refractivity (Wildman–Crippen MR) is 542 cm³/mol. The number of fused-ring (bicyclic) bond motifs is 47. The van der Waals surface area contributed by atoms with Gasteiger partial charge in [0.1, 0.15) is 57.0 Å². The average Bonchev–Trinajstić information content (AvgIpc) is 1.54. The predicted octanol–water partition coefficient (Wildman–Crippen LogP) is 24.9. The van der Waals surface area contributed by atoms with E-state index in [4.69, 9.17) is 32.4 Å². The second-order valence-electron chi connectivity index (χ2n) is 35.0. The number of hydrogen-bond donors (Lipinski definition) is 0. The number of benzene rings is 16. The Bertz CT molecular complexity index is 9240. The zero-order chi connectivity index (χ0) is 87.9. The van der Waals surface area contributed by atoms with Gasteiger partial charge in [-0.15, -0.1) is 0 Å². The van der Waals surface area contributed by atoms with Gasteiger partial charge in [-0.3, -0.25) is 9.97 Å². The minimum absolute atomic E-state index is 0.181. The summed E-state index contributed by atoms with van der Waals surface area (Å²) in [6.45, 7) is 0. The third-order valence-electron chi connectivity index (χ3n) is 28.0. The van der Waals surface area contributed by atoms with Crippen molar-refractivity contribution in [2.24, 2.45) is 0 Å². The molecule has 135 heavy (non-hydrogen) atoms. The van der Waals surface area contributed by atoms with Crippen LogP contribution < -0.4 is 48.8 Å². The lowest BCUT2D eigenvalue weighted by Crippen LogP contribution is -2.50. The third kappa shape index (κ3) is 10.6. The molecule has 0 radical (unpaired) electrons. The molecule has 0 saturated carbocycles. The van der Waals surface area contributed by atoms with E-state index in [0.29, 0.717) is 0 Å². The summed E-state index contributed by atoms with van der Waals surface area (Å²) in [5, 5.41) is 11.8. The number of furan rings is 2. The number of aromatic nitrogens is 9. The summed E-state index contributed by atoms with van der Waals surface area (Å²) in [6.07, 6.45) is 15.2. The Morgan fingerprint density at radius 2 is 0.585 bits per heavy atom. The highest BCUT2D eigenvalue weighted by molar-refractivity contribution is 6.78. The molecule has 0 spiro atoms. The number of anilines is 8. The summed E-state index contributed by atoms with van der Waals surface area (Å²) in [7, 11) is -1.00. The van der Waals surface area contributed by atoms with Crippen LogP contribution in [0.1, 0.15) is 0 Å². The van der Waals surface area contributed by atoms with Crippen LogP contribution >= 0.6 is 0 Å². The molecule has 0 fully saturated rings. The van der Waals surface area contributed by atoms with Crippen molar-refractivity contribution in [1.29, 1.82) is 0 Å². The van der Waals surface area contributed by atoms with Gasteiger partial charge >= 0.3 is 28.5 Å². The molecule has 16 aromatic carbocycles. The lowest BCUT2D eigenvalue weighted by Gasteiger charge is -2.31. The Morgan fingerprint density at radius 3 is 1.09 bits per heavy atom. The molecule has 0 bridgehead atoms. The van der Waals surface area contributed by atoms with Crippen LogP contribution in [0.3, 0.4) is 0 Å². The van der Waals surface area contributed by atoms with E-state index in [-0.39, 0.29) is 28.5 Å². The first-order valence-corrected chi connectivity index (χ1v) is 45.3. The highest BCUT2D eigenvalue weighted by Gasteiger charge is 2.51. The number of rotatable bonds is 3. The number of nitrogens with zero attached hydrogens (tertiary/aromatic N) is 13. The number of imidazole rings is 2. The van der Waals surface area contributed by atoms with E-state index in [1.54, 1.807) is 0 Å². The van der Waals surface area contributed by atoms with Gasteiger partial charge in [-0.2, -0.15) is 0 Å². The Balaban J connectivity index is 0.0000000881. The van der Waals surface area contributed by atoms with E-state index in [1.165, 1.54) is 71.0 Å². The molecule has 9 aromatic heterocycles. The number of pyridine rings is 2. The quantitative estimate of drug-likeness (QED) is 0.154. The standard InChI is InChI=1S/2C35H20BN3O2.C27H17BN4O.C15H10BN3O/c1-4-10-29-24(8-1)25-9-2-5-11-30(25)38(29)21-13-14-33-26(17-21)27-18-35-32(19-34(27)40-33)39-31-12-6-3-7-23(31)22-15-16-37-20-28(22)36(39)41-35;1-4-10-29-23(7-1)24-8-2-5-11-30(24)38(29)21-13-14-31-26(17-21)22-15-16-37-20-28(22)36-39(31)32-19-34-27(18-35(32)41-36)25-9-3-6-12-33(25)40-34;1-3-9-22-19(7-1)20-8-2-4-10-23(20)31(22)18-13-14-24-21(17-18)27-29-15-16-30(27)28-32(24)25-11-5-6-12-26(25)33-28;1-2-6-12-11(5-1)15-17-9-10-18(15)16-19(12)13-7-3-4-8-14(13)20-16/h2*1-20H;1-17H;1-10H. The fourth-order valence-corrected chi connectivity index (χ4v) is 22.3. The summed E-state index contributed by atoms with van der Waals surface area (Å²) in [5.74, 6) is 5.37. The SMILES string of the molecule is c1ccc2c(c1)-c1ccncc1B1Oc3cc4c(cc3N12)oc1ccc(-n2c3ccccc3c3ccccc32)cc14.c1ccc2c(c1)OB1N2c2ccc(-n3c4ccccc4c4ccccc43)cc2-c2nccn21.c1ccc2c(c1)OB1N2c2ccccc2-c2nccn21.c1ccc2c(c1)oc1cc3c(cc12)OB1c2cnccc2-c2cc(-n4c5ccccc5c5ccccc54)ccc2N13. The van der Waals surface area contributed by atoms with Crippen molar-refractivity contribution < 1.29 is 27.5 Å². The highest BCUT2D eigenvalue weighted by atomic mass is 16.5. The molecule has 25 aromatic rings. The number of para-hydroxylation sites is 13. The van der Waals surface area contributed by atoms with E-state index in [0.717, 1.165) is 180 Å². The topological polar surface area (TPSA) is 152 Å². The average molecular weight is 1730 g/mol. The van der Waals surface area contributed by atoms with Gasteiger partial charge in [-0.1, -0.05) is 182 Å². The summed E-state index contributed by atoms with van der Waals surface area (Å²) in [4.78, 5) is 27.2. The van der Waals surface area contributed by atoms with E-state index in [1.807, 2.05) is 104 Å². The largest absolute Gasteiger partial charge is 0.629 e. The van der Waals surface area contributed by atoms with Gasteiger partial charge in [0.05, 0.1) is 55.8 Å². The Labute approximate surface area is 771 Å². The first-order chi connectivity index (χ1) is 67.0. The number of hydrogen-bond acceptors (Lipinski definition) is 14. The van der Waals surface area contributed by atoms with E-state index >= 15 is 0 Å². The first kappa shape index (κ1) is 73.8. The van der Waals surface area contributed by atoms with E-state index in [2.05, 4.69) is 360 Å². The van der Waals surface area contributed by atoms with Crippen molar-refractivity contribution in [1.82, 2.24) is 42.6 Å². The maximum Gasteiger partial charge on any atom is 0.629 e. The molecule has 628 valence electrons. The van der Waals surface area contributed by atoms with Crippen molar-refractivity contribution in [3.05, 3.63) is 407 Å². The van der Waals surface area contributed by atoms with Gasteiger partial charge < -0.3 is 69.4 Å². The maximum atomic E-state index is 6.68. The van der Waals surface area contributed by atoms with Crippen LogP contribution in [0.4, 0.5) is 45.5 Å². The molecule has 0 aliphatic carbocycles. The molecular weight excluding hydrogens is 1670 g/mol. The van der Waals surface area contributed by atoms with Crippen LogP contribution in [0.15, 0.2) is 416 Å². The Hall–Kier alpha value is -18.1. The molecule has 19 nitrogen and oxygen atoms in total. The fourth-order valence-electron chi connectivity index (χ4n) is 22.3. The normalized spacial score (nSPS) is 13.6. The van der Waals surface area contributed by atoms with Crippen molar-refractivity contribution in [2.75, 3.05) is 19.2 Å². The molecule has 17 heterocycles. The van der Waals surface area contributed by atoms with Gasteiger partial charge in [0, 0.05) is 189 Å². The summed E-state index contributed by atoms with van der Waals surface area (Å²) < 4.78 is 49.7. The molecule has 0 amide bonds. The lowest BCUT2D eigenvalue weighted by atomic mass is 9.65. The van der Waals surface area contributed by atoms with Crippen molar-refractivity contribution in [3.63, 3.8) is 0 Å². The van der Waals surface area contributed by atoms with Crippen molar-refractivity contribution in [3.8, 4) is 85.1 Å². The molecule has 33 rings (SSSR count). The highest BCUT2D eigenvalue weighted by Crippen LogP contribution is 2.56. The molecular formula is C112H67B4N13O6. The van der Waals surface area contributed by atoms with E-state index in [9.17, 15) is 0 Å². The minimum Gasteiger partial charge on any atom is -0.536 e. The van der Waals surface area contributed by atoms with Crippen LogP contribution in [0.5, 0.6) is 23.0 Å². The summed E-state index contributed by atoms with van der Waals surface area (Å²) >= 11 is 0. The zero-order valence-corrected chi connectivity index (χ0v) is 71.8. The molecule has 0 N–H and O–H groups in total. The fraction of sp³-hybridized carbons (Fsp3) is 0. The van der Waals surface area contributed by atoms with Crippen LogP contribution in [0, 0.1) is 0 Å². The monoisotopic (exact) mass is 1730 g/mol. The van der Waals surface area contributed by atoms with Gasteiger partial charge in [0.25, 0.3) is 0 Å². The molecule has 0 unspecified atom stereocenters.